The van der Waals surface area contributed by atoms with Crippen LogP contribution in [0.2, 0.25) is 0 Å². The van der Waals surface area contributed by atoms with E-state index >= 15 is 0 Å². The second-order valence-electron chi connectivity index (χ2n) is 5.82. The Kier molecular flexibility index (Phi) is 5.62. The summed E-state index contributed by atoms with van der Waals surface area (Å²) in [7, 11) is -1.79. The maximum absolute atomic E-state index is 12.3. The smallest absolute Gasteiger partial charge is 0.233 e. The standard InChI is InChI=1S/C18H22N2O3S/c1-14(16-7-5-4-6-8-16)13-24(22,23)19-17-9-11-18(12-10-17)20(3)15(2)21/h4-12,14,19H,13H2,1-3H3. The lowest BCUT2D eigenvalue weighted by Gasteiger charge is -2.16. The molecule has 2 rings (SSSR count). The van der Waals surface area contributed by atoms with Crippen LogP contribution in [-0.4, -0.2) is 27.1 Å². The third-order valence-corrected chi connectivity index (χ3v) is 5.32. The van der Waals surface area contributed by atoms with Gasteiger partial charge in [-0.25, -0.2) is 8.42 Å². The average Bonchev–Trinajstić information content (AvgIpc) is 2.54. The topological polar surface area (TPSA) is 66.5 Å². The Hall–Kier alpha value is -2.34. The number of carbonyl (C=O) groups excluding carboxylic acids is 1. The van der Waals surface area contributed by atoms with Gasteiger partial charge in [-0.2, -0.15) is 0 Å². The average molecular weight is 346 g/mol. The first-order chi connectivity index (χ1) is 11.3. The van der Waals surface area contributed by atoms with E-state index in [0.29, 0.717) is 11.4 Å². The normalized spacial score (nSPS) is 12.5. The number of nitrogens with zero attached hydrogens (tertiary/aromatic N) is 1. The zero-order valence-corrected chi connectivity index (χ0v) is 14.9. The molecule has 0 radical (unpaired) electrons. The summed E-state index contributed by atoms with van der Waals surface area (Å²) in [5.41, 5.74) is 2.18. The molecular weight excluding hydrogens is 324 g/mol. The van der Waals surface area contributed by atoms with Gasteiger partial charge in [0, 0.05) is 25.3 Å². The monoisotopic (exact) mass is 346 g/mol. The molecule has 0 aliphatic rings. The molecule has 128 valence electrons. The van der Waals surface area contributed by atoms with Gasteiger partial charge in [-0.05, 0) is 35.7 Å². The zero-order valence-electron chi connectivity index (χ0n) is 14.1. The lowest BCUT2D eigenvalue weighted by atomic mass is 10.0. The summed E-state index contributed by atoms with van der Waals surface area (Å²) in [6, 6.07) is 16.3. The van der Waals surface area contributed by atoms with E-state index in [-0.39, 0.29) is 17.6 Å². The van der Waals surface area contributed by atoms with Crippen LogP contribution in [0.15, 0.2) is 54.6 Å². The van der Waals surface area contributed by atoms with Crippen molar-refractivity contribution in [1.82, 2.24) is 0 Å². The molecule has 0 saturated carbocycles. The summed E-state index contributed by atoms with van der Waals surface area (Å²) in [4.78, 5) is 12.8. The summed E-state index contributed by atoms with van der Waals surface area (Å²) >= 11 is 0. The number of anilines is 2. The van der Waals surface area contributed by atoms with Crippen LogP contribution in [0, 0.1) is 0 Å². The van der Waals surface area contributed by atoms with Gasteiger partial charge in [-0.1, -0.05) is 37.3 Å². The number of nitrogens with one attached hydrogen (secondary N) is 1. The predicted molar refractivity (Wildman–Crippen MR) is 97.8 cm³/mol. The van der Waals surface area contributed by atoms with Crippen LogP contribution < -0.4 is 9.62 Å². The highest BCUT2D eigenvalue weighted by Gasteiger charge is 2.17. The molecule has 0 aliphatic carbocycles. The molecule has 0 aliphatic heterocycles. The molecule has 1 amide bonds. The Morgan fingerprint density at radius 1 is 1.08 bits per heavy atom. The number of rotatable bonds is 6. The largest absolute Gasteiger partial charge is 0.316 e. The van der Waals surface area contributed by atoms with Crippen molar-refractivity contribution in [2.45, 2.75) is 19.8 Å². The Morgan fingerprint density at radius 2 is 1.67 bits per heavy atom. The molecular formula is C18H22N2O3S. The first-order valence-corrected chi connectivity index (χ1v) is 9.33. The van der Waals surface area contributed by atoms with Crippen molar-refractivity contribution in [3.05, 3.63) is 60.2 Å². The van der Waals surface area contributed by atoms with E-state index in [1.54, 1.807) is 31.3 Å². The number of carbonyl (C=O) groups is 1. The number of benzene rings is 2. The molecule has 0 saturated heterocycles. The van der Waals surface area contributed by atoms with Gasteiger partial charge in [-0.3, -0.25) is 9.52 Å². The van der Waals surface area contributed by atoms with Crippen molar-refractivity contribution in [3.8, 4) is 0 Å². The van der Waals surface area contributed by atoms with E-state index in [1.807, 2.05) is 37.3 Å². The third kappa shape index (κ3) is 4.83. The maximum Gasteiger partial charge on any atom is 0.233 e. The highest BCUT2D eigenvalue weighted by atomic mass is 32.2. The minimum absolute atomic E-state index is 0.00606. The molecule has 6 heteroatoms. The highest BCUT2D eigenvalue weighted by molar-refractivity contribution is 7.92. The fraction of sp³-hybridized carbons (Fsp3) is 0.278. The van der Waals surface area contributed by atoms with Crippen molar-refractivity contribution < 1.29 is 13.2 Å². The van der Waals surface area contributed by atoms with E-state index in [1.165, 1.54) is 11.8 Å². The highest BCUT2D eigenvalue weighted by Crippen LogP contribution is 2.21. The Morgan fingerprint density at radius 3 is 2.21 bits per heavy atom. The molecule has 0 aromatic heterocycles. The Bertz CT molecular complexity index is 787. The van der Waals surface area contributed by atoms with Gasteiger partial charge in [0.15, 0.2) is 0 Å². The maximum atomic E-state index is 12.3. The molecule has 1 unspecified atom stereocenters. The van der Waals surface area contributed by atoms with Gasteiger partial charge in [0.1, 0.15) is 0 Å². The second kappa shape index (κ2) is 7.49. The number of sulfonamides is 1. The molecule has 5 nitrogen and oxygen atoms in total. The fourth-order valence-electron chi connectivity index (χ4n) is 2.36. The van der Waals surface area contributed by atoms with Crippen LogP contribution in [0.25, 0.3) is 0 Å². The van der Waals surface area contributed by atoms with Crippen LogP contribution in [0.1, 0.15) is 25.3 Å². The summed E-state index contributed by atoms with van der Waals surface area (Å²) in [6.07, 6.45) is 0. The van der Waals surface area contributed by atoms with Crippen LogP contribution in [0.3, 0.4) is 0 Å². The van der Waals surface area contributed by atoms with Gasteiger partial charge >= 0.3 is 0 Å². The van der Waals surface area contributed by atoms with Crippen molar-refractivity contribution in [2.24, 2.45) is 0 Å². The summed E-state index contributed by atoms with van der Waals surface area (Å²) in [5, 5.41) is 0. The molecule has 2 aromatic rings. The second-order valence-corrected chi connectivity index (χ2v) is 7.59. The quantitative estimate of drug-likeness (QED) is 0.873. The number of hydrogen-bond acceptors (Lipinski definition) is 3. The van der Waals surface area contributed by atoms with Crippen molar-refractivity contribution >= 4 is 27.3 Å². The Labute approximate surface area is 143 Å². The van der Waals surface area contributed by atoms with E-state index in [4.69, 9.17) is 0 Å². The van der Waals surface area contributed by atoms with Crippen molar-refractivity contribution in [3.63, 3.8) is 0 Å². The minimum Gasteiger partial charge on any atom is -0.316 e. The molecule has 0 heterocycles. The minimum atomic E-state index is -3.46. The van der Waals surface area contributed by atoms with Gasteiger partial charge in [0.25, 0.3) is 0 Å². The molecule has 1 atom stereocenters. The van der Waals surface area contributed by atoms with Gasteiger partial charge < -0.3 is 4.90 Å². The van der Waals surface area contributed by atoms with Crippen LogP contribution in [-0.2, 0) is 14.8 Å². The molecule has 0 fully saturated rings. The molecule has 1 N–H and O–H groups in total. The first kappa shape index (κ1) is 18.0. The summed E-state index contributed by atoms with van der Waals surface area (Å²) in [5.74, 6) is -0.182. The van der Waals surface area contributed by atoms with Crippen LogP contribution >= 0.6 is 0 Å². The molecule has 2 aromatic carbocycles. The van der Waals surface area contributed by atoms with Crippen LogP contribution in [0.5, 0.6) is 0 Å². The van der Waals surface area contributed by atoms with E-state index < -0.39 is 10.0 Å². The SMILES string of the molecule is CC(=O)N(C)c1ccc(NS(=O)(=O)CC(C)c2ccccc2)cc1. The molecule has 0 bridgehead atoms. The number of hydrogen-bond donors (Lipinski definition) is 1. The zero-order chi connectivity index (χ0) is 17.7. The lowest BCUT2D eigenvalue weighted by Crippen LogP contribution is -2.23. The third-order valence-electron chi connectivity index (χ3n) is 3.84. The predicted octanol–water partition coefficient (Wildman–Crippen LogP) is 3.21. The summed E-state index contributed by atoms with van der Waals surface area (Å²) in [6.45, 7) is 3.36. The van der Waals surface area contributed by atoms with Crippen molar-refractivity contribution in [2.75, 3.05) is 22.4 Å². The van der Waals surface area contributed by atoms with E-state index in [0.717, 1.165) is 5.56 Å². The van der Waals surface area contributed by atoms with Crippen molar-refractivity contribution in [1.29, 1.82) is 0 Å². The summed E-state index contributed by atoms with van der Waals surface area (Å²) < 4.78 is 27.3. The fourth-order valence-corrected chi connectivity index (χ4v) is 3.79. The van der Waals surface area contributed by atoms with Gasteiger partial charge in [0.2, 0.25) is 15.9 Å². The van der Waals surface area contributed by atoms with Crippen LogP contribution in [0.4, 0.5) is 11.4 Å². The first-order valence-electron chi connectivity index (χ1n) is 7.68. The molecule has 24 heavy (non-hydrogen) atoms. The van der Waals surface area contributed by atoms with E-state index in [2.05, 4.69) is 4.72 Å². The number of amides is 1. The van der Waals surface area contributed by atoms with E-state index in [9.17, 15) is 13.2 Å². The van der Waals surface area contributed by atoms with Gasteiger partial charge in [0.05, 0.1) is 5.75 Å². The molecule has 0 spiro atoms. The lowest BCUT2D eigenvalue weighted by molar-refractivity contribution is -0.116. The van der Waals surface area contributed by atoms with Gasteiger partial charge in [-0.15, -0.1) is 0 Å². The Balaban J connectivity index is 2.05.